The van der Waals surface area contributed by atoms with Gasteiger partial charge in [0.2, 0.25) is 0 Å². The second kappa shape index (κ2) is 6.26. The predicted molar refractivity (Wildman–Crippen MR) is 95.6 cm³/mol. The minimum Gasteiger partial charge on any atom is -0.386 e. The molecule has 4 heteroatoms. The molecule has 1 aromatic heterocycles. The molecule has 2 rings (SSSR count). The van der Waals surface area contributed by atoms with Crippen LogP contribution in [0.25, 0.3) is 16.6 Å². The van der Waals surface area contributed by atoms with Crippen LogP contribution in [-0.4, -0.2) is 18.2 Å². The van der Waals surface area contributed by atoms with Crippen molar-refractivity contribution < 1.29 is 0 Å². The highest BCUT2D eigenvalue weighted by molar-refractivity contribution is 5.95. The first-order chi connectivity index (χ1) is 10.4. The molecule has 2 aromatic rings. The van der Waals surface area contributed by atoms with E-state index < -0.39 is 0 Å². The van der Waals surface area contributed by atoms with Gasteiger partial charge in [-0.25, -0.2) is 0 Å². The molecule has 0 saturated heterocycles. The van der Waals surface area contributed by atoms with Gasteiger partial charge < -0.3 is 15.2 Å². The smallest absolute Gasteiger partial charge is 0.260 e. The Balaban J connectivity index is 2.98. The Labute approximate surface area is 131 Å². The fourth-order valence-electron chi connectivity index (χ4n) is 2.97. The number of nitrogens with zero attached hydrogens (tertiary/aromatic N) is 1. The summed E-state index contributed by atoms with van der Waals surface area (Å²) >= 11 is 0. The van der Waals surface area contributed by atoms with Crippen molar-refractivity contribution in [1.82, 2.24) is 9.88 Å². The Morgan fingerprint density at radius 3 is 2.59 bits per heavy atom. The zero-order valence-corrected chi connectivity index (χ0v) is 14.1. The number of benzene rings is 1. The van der Waals surface area contributed by atoms with Crippen molar-refractivity contribution in [3.8, 4) is 0 Å². The maximum absolute atomic E-state index is 13.1. The van der Waals surface area contributed by atoms with Crippen molar-refractivity contribution in [3.63, 3.8) is 0 Å². The molecule has 22 heavy (non-hydrogen) atoms. The van der Waals surface area contributed by atoms with Crippen LogP contribution in [0.1, 0.15) is 37.9 Å². The Morgan fingerprint density at radius 1 is 1.36 bits per heavy atom. The van der Waals surface area contributed by atoms with E-state index in [-0.39, 0.29) is 11.6 Å². The van der Waals surface area contributed by atoms with Crippen LogP contribution in [0.3, 0.4) is 0 Å². The van der Waals surface area contributed by atoms with Crippen LogP contribution >= 0.6 is 0 Å². The number of aromatic nitrogens is 1. The molecule has 0 radical (unpaired) electrons. The first-order valence-corrected chi connectivity index (χ1v) is 7.72. The van der Waals surface area contributed by atoms with Gasteiger partial charge in [-0.05, 0) is 39.3 Å². The summed E-state index contributed by atoms with van der Waals surface area (Å²) in [5.41, 5.74) is 4.27. The SMILES string of the molecule is C=C(NCC)c1c(C)c2cccc(NC)c2n(C(C)C)c1=O. The predicted octanol–water partition coefficient (Wildman–Crippen LogP) is 3.51. The molecule has 1 heterocycles. The molecule has 0 unspecified atom stereocenters. The minimum absolute atomic E-state index is 0.00801. The second-order valence-electron chi connectivity index (χ2n) is 5.73. The van der Waals surface area contributed by atoms with Crippen LogP contribution in [0, 0.1) is 6.92 Å². The Hall–Kier alpha value is -2.23. The molecule has 0 amide bonds. The van der Waals surface area contributed by atoms with Crippen molar-refractivity contribution in [2.75, 3.05) is 18.9 Å². The number of para-hydroxylation sites is 1. The van der Waals surface area contributed by atoms with E-state index in [9.17, 15) is 4.79 Å². The normalized spacial score (nSPS) is 11.0. The molecule has 4 nitrogen and oxygen atoms in total. The minimum atomic E-state index is 0.00801. The van der Waals surface area contributed by atoms with Crippen LogP contribution in [0.15, 0.2) is 29.6 Å². The summed E-state index contributed by atoms with van der Waals surface area (Å²) < 4.78 is 1.85. The van der Waals surface area contributed by atoms with Crippen molar-refractivity contribution >= 4 is 22.3 Å². The monoisotopic (exact) mass is 299 g/mol. The first kappa shape index (κ1) is 16.1. The molecule has 0 bridgehead atoms. The summed E-state index contributed by atoms with van der Waals surface area (Å²) in [5, 5.41) is 7.45. The van der Waals surface area contributed by atoms with Gasteiger partial charge in [0, 0.05) is 30.7 Å². The Bertz CT molecular complexity index is 772. The summed E-state index contributed by atoms with van der Waals surface area (Å²) in [6.45, 7) is 12.8. The third kappa shape index (κ3) is 2.49. The topological polar surface area (TPSA) is 46.1 Å². The van der Waals surface area contributed by atoms with E-state index in [0.29, 0.717) is 11.3 Å². The van der Waals surface area contributed by atoms with Crippen LogP contribution in [0.5, 0.6) is 0 Å². The lowest BCUT2D eigenvalue weighted by Crippen LogP contribution is -2.29. The van der Waals surface area contributed by atoms with Crippen molar-refractivity contribution in [1.29, 1.82) is 0 Å². The third-order valence-electron chi connectivity index (χ3n) is 3.97. The molecule has 0 atom stereocenters. The van der Waals surface area contributed by atoms with E-state index in [1.807, 2.05) is 51.4 Å². The van der Waals surface area contributed by atoms with Gasteiger partial charge >= 0.3 is 0 Å². The van der Waals surface area contributed by atoms with Crippen molar-refractivity contribution in [2.24, 2.45) is 0 Å². The lowest BCUT2D eigenvalue weighted by molar-refractivity contribution is 0.599. The van der Waals surface area contributed by atoms with Gasteiger partial charge in [-0.15, -0.1) is 0 Å². The fraction of sp³-hybridized carbons (Fsp3) is 0.389. The van der Waals surface area contributed by atoms with Crippen LogP contribution in [0.2, 0.25) is 0 Å². The average Bonchev–Trinajstić information content (AvgIpc) is 2.46. The van der Waals surface area contributed by atoms with Crippen molar-refractivity contribution in [2.45, 2.75) is 33.7 Å². The van der Waals surface area contributed by atoms with Gasteiger partial charge in [0.15, 0.2) is 0 Å². The van der Waals surface area contributed by atoms with E-state index in [2.05, 4.69) is 23.3 Å². The van der Waals surface area contributed by atoms with Gasteiger partial charge in [-0.3, -0.25) is 4.79 Å². The standard InChI is InChI=1S/C18H25N3O/c1-7-20-13(5)16-12(4)14-9-8-10-15(19-6)17(14)21(11(2)3)18(16)22/h8-11,19-20H,5,7H2,1-4,6H3. The van der Waals surface area contributed by atoms with Gasteiger partial charge in [0.1, 0.15) is 0 Å². The van der Waals surface area contributed by atoms with Crippen LogP contribution in [-0.2, 0) is 0 Å². The highest BCUT2D eigenvalue weighted by atomic mass is 16.1. The number of pyridine rings is 1. The highest BCUT2D eigenvalue weighted by Crippen LogP contribution is 2.29. The van der Waals surface area contributed by atoms with Crippen LogP contribution in [0.4, 0.5) is 5.69 Å². The van der Waals surface area contributed by atoms with E-state index in [1.54, 1.807) is 0 Å². The second-order valence-corrected chi connectivity index (χ2v) is 5.73. The fourth-order valence-corrected chi connectivity index (χ4v) is 2.97. The first-order valence-electron chi connectivity index (χ1n) is 7.72. The maximum Gasteiger partial charge on any atom is 0.260 e. The molecule has 0 fully saturated rings. The number of anilines is 1. The summed E-state index contributed by atoms with van der Waals surface area (Å²) in [4.78, 5) is 13.1. The summed E-state index contributed by atoms with van der Waals surface area (Å²) in [6.07, 6.45) is 0. The molecular formula is C18H25N3O. The maximum atomic E-state index is 13.1. The number of fused-ring (bicyclic) bond motifs is 1. The average molecular weight is 299 g/mol. The Morgan fingerprint density at radius 2 is 2.05 bits per heavy atom. The molecule has 0 aliphatic carbocycles. The van der Waals surface area contributed by atoms with Gasteiger partial charge in [-0.2, -0.15) is 0 Å². The van der Waals surface area contributed by atoms with Crippen molar-refractivity contribution in [3.05, 3.63) is 46.3 Å². The molecule has 0 spiro atoms. The molecule has 118 valence electrons. The summed E-state index contributed by atoms with van der Waals surface area (Å²) in [5.74, 6) is 0. The van der Waals surface area contributed by atoms with Gasteiger partial charge in [0.25, 0.3) is 5.56 Å². The van der Waals surface area contributed by atoms with E-state index in [4.69, 9.17) is 0 Å². The molecular weight excluding hydrogens is 274 g/mol. The molecule has 1 aromatic carbocycles. The largest absolute Gasteiger partial charge is 0.386 e. The summed E-state index contributed by atoms with van der Waals surface area (Å²) in [7, 11) is 1.88. The zero-order chi connectivity index (χ0) is 16.4. The number of aryl methyl sites for hydroxylation is 1. The molecule has 0 aliphatic heterocycles. The zero-order valence-electron chi connectivity index (χ0n) is 14.1. The highest BCUT2D eigenvalue weighted by Gasteiger charge is 2.19. The van der Waals surface area contributed by atoms with E-state index in [0.717, 1.165) is 28.7 Å². The van der Waals surface area contributed by atoms with Gasteiger partial charge in [0.05, 0.1) is 16.8 Å². The number of hydrogen-bond donors (Lipinski definition) is 2. The lowest BCUT2D eigenvalue weighted by atomic mass is 10.0. The Kier molecular flexibility index (Phi) is 4.59. The van der Waals surface area contributed by atoms with Crippen LogP contribution < -0.4 is 16.2 Å². The molecule has 0 aliphatic rings. The number of nitrogens with one attached hydrogen (secondary N) is 2. The quantitative estimate of drug-likeness (QED) is 0.888. The van der Waals surface area contributed by atoms with E-state index in [1.165, 1.54) is 0 Å². The molecule has 0 saturated carbocycles. The number of hydrogen-bond acceptors (Lipinski definition) is 3. The number of rotatable bonds is 5. The van der Waals surface area contributed by atoms with Gasteiger partial charge in [-0.1, -0.05) is 18.7 Å². The molecule has 2 N–H and O–H groups in total. The van der Waals surface area contributed by atoms with E-state index >= 15 is 0 Å². The lowest BCUT2D eigenvalue weighted by Gasteiger charge is -2.22. The summed E-state index contributed by atoms with van der Waals surface area (Å²) in [6, 6.07) is 6.14. The third-order valence-corrected chi connectivity index (χ3v) is 3.97.